The molecular formula is C23H24N2O4S. The van der Waals surface area contributed by atoms with Gasteiger partial charge >= 0.3 is 0 Å². The van der Waals surface area contributed by atoms with Crippen LogP contribution in [0.2, 0.25) is 0 Å². The summed E-state index contributed by atoms with van der Waals surface area (Å²) >= 11 is 0. The number of carbonyl (C=O) groups excluding carboxylic acids is 1. The zero-order valence-corrected chi connectivity index (χ0v) is 17.2. The van der Waals surface area contributed by atoms with Gasteiger partial charge in [-0.1, -0.05) is 72.8 Å². The summed E-state index contributed by atoms with van der Waals surface area (Å²) in [5.41, 5.74) is 1.80. The molecule has 0 saturated carbocycles. The van der Waals surface area contributed by atoms with Gasteiger partial charge in [0.15, 0.2) is 0 Å². The lowest BCUT2D eigenvalue weighted by Crippen LogP contribution is -2.40. The van der Waals surface area contributed by atoms with E-state index in [4.69, 9.17) is 0 Å². The third-order valence-corrected chi connectivity index (χ3v) is 6.07. The van der Waals surface area contributed by atoms with Crippen LogP contribution >= 0.6 is 0 Å². The lowest BCUT2D eigenvalue weighted by molar-refractivity contribution is 0.0913. The average Bonchev–Trinajstić information content (AvgIpc) is 2.78. The highest BCUT2D eigenvalue weighted by Crippen LogP contribution is 2.16. The summed E-state index contributed by atoms with van der Waals surface area (Å²) in [5.74, 6) is -0.550. The SMILES string of the molecule is O=C(N[C@H](CO)Cc1ccccc1)c1ccccc1S(=O)(=O)NCc1ccccc1. The van der Waals surface area contributed by atoms with E-state index in [0.29, 0.717) is 6.42 Å². The van der Waals surface area contributed by atoms with E-state index in [1.807, 2.05) is 60.7 Å². The minimum atomic E-state index is -3.91. The molecule has 0 aliphatic heterocycles. The van der Waals surface area contributed by atoms with E-state index in [2.05, 4.69) is 10.0 Å². The van der Waals surface area contributed by atoms with E-state index < -0.39 is 22.0 Å². The van der Waals surface area contributed by atoms with Crippen molar-refractivity contribution in [1.82, 2.24) is 10.0 Å². The first-order valence-electron chi connectivity index (χ1n) is 9.58. The summed E-state index contributed by atoms with van der Waals surface area (Å²) < 4.78 is 28.2. The molecule has 0 bridgehead atoms. The highest BCUT2D eigenvalue weighted by Gasteiger charge is 2.23. The molecule has 0 aromatic heterocycles. The molecule has 0 saturated heterocycles. The Morgan fingerprint density at radius 3 is 2.03 bits per heavy atom. The van der Waals surface area contributed by atoms with Crippen LogP contribution in [0.1, 0.15) is 21.5 Å². The molecule has 0 fully saturated rings. The van der Waals surface area contributed by atoms with Gasteiger partial charge in [-0.25, -0.2) is 13.1 Å². The first kappa shape index (κ1) is 21.7. The van der Waals surface area contributed by atoms with Gasteiger partial charge in [0.05, 0.1) is 23.1 Å². The highest BCUT2D eigenvalue weighted by molar-refractivity contribution is 7.89. The predicted octanol–water partition coefficient (Wildman–Crippen LogP) is 2.50. The van der Waals surface area contributed by atoms with Crippen LogP contribution in [0.3, 0.4) is 0 Å². The zero-order chi connectivity index (χ0) is 21.4. The first-order valence-corrected chi connectivity index (χ1v) is 11.1. The minimum Gasteiger partial charge on any atom is -0.394 e. The van der Waals surface area contributed by atoms with Crippen molar-refractivity contribution >= 4 is 15.9 Å². The van der Waals surface area contributed by atoms with E-state index in [1.165, 1.54) is 12.1 Å². The third kappa shape index (κ3) is 5.76. The molecule has 156 valence electrons. The number of aliphatic hydroxyl groups is 1. The van der Waals surface area contributed by atoms with Gasteiger partial charge in [0.1, 0.15) is 0 Å². The average molecular weight is 425 g/mol. The fourth-order valence-corrected chi connectivity index (χ4v) is 4.28. The van der Waals surface area contributed by atoms with Gasteiger partial charge in [-0.3, -0.25) is 4.79 Å². The van der Waals surface area contributed by atoms with Gasteiger partial charge in [0, 0.05) is 6.54 Å². The smallest absolute Gasteiger partial charge is 0.252 e. The molecule has 7 heteroatoms. The number of nitrogens with one attached hydrogen (secondary N) is 2. The van der Waals surface area contributed by atoms with Crippen LogP contribution in [0.25, 0.3) is 0 Å². The molecule has 3 rings (SSSR count). The maximum atomic E-state index is 12.8. The van der Waals surface area contributed by atoms with Gasteiger partial charge in [0.25, 0.3) is 5.91 Å². The molecule has 30 heavy (non-hydrogen) atoms. The Labute approximate surface area is 176 Å². The minimum absolute atomic E-state index is 0.0320. The Morgan fingerprint density at radius 1 is 0.833 bits per heavy atom. The van der Waals surface area contributed by atoms with Crippen molar-refractivity contribution in [3.05, 3.63) is 102 Å². The summed E-state index contributed by atoms with van der Waals surface area (Å²) in [7, 11) is -3.91. The molecule has 3 N–H and O–H groups in total. The molecular weight excluding hydrogens is 400 g/mol. The standard InChI is InChI=1S/C23H24N2O4S/c26-17-20(15-18-9-3-1-4-10-18)25-23(27)21-13-7-8-14-22(21)30(28,29)24-16-19-11-5-2-6-12-19/h1-14,20,24,26H,15-17H2,(H,25,27)/t20-/m0/s1. The van der Waals surface area contributed by atoms with Gasteiger partial charge < -0.3 is 10.4 Å². The van der Waals surface area contributed by atoms with Crippen LogP contribution in [0.5, 0.6) is 0 Å². The number of rotatable bonds is 9. The highest BCUT2D eigenvalue weighted by atomic mass is 32.2. The molecule has 1 amide bonds. The first-order chi connectivity index (χ1) is 14.5. The fourth-order valence-electron chi connectivity index (χ4n) is 3.06. The normalized spacial score (nSPS) is 12.3. The van der Waals surface area contributed by atoms with Crippen molar-refractivity contribution in [2.45, 2.75) is 23.9 Å². The van der Waals surface area contributed by atoms with Crippen molar-refractivity contribution in [2.75, 3.05) is 6.61 Å². The molecule has 3 aromatic carbocycles. The van der Waals surface area contributed by atoms with E-state index in [1.54, 1.807) is 12.1 Å². The molecule has 0 unspecified atom stereocenters. The zero-order valence-electron chi connectivity index (χ0n) is 16.4. The maximum absolute atomic E-state index is 12.8. The lowest BCUT2D eigenvalue weighted by atomic mass is 10.1. The van der Waals surface area contributed by atoms with E-state index in [0.717, 1.165) is 11.1 Å². The van der Waals surface area contributed by atoms with Crippen molar-refractivity contribution < 1.29 is 18.3 Å². The Hall–Kier alpha value is -3.00. The number of amides is 1. The van der Waals surface area contributed by atoms with Crippen LogP contribution in [0, 0.1) is 0 Å². The number of benzene rings is 3. The maximum Gasteiger partial charge on any atom is 0.252 e. The van der Waals surface area contributed by atoms with Gasteiger partial charge in [-0.2, -0.15) is 0 Å². The number of carbonyl (C=O) groups is 1. The second-order valence-corrected chi connectivity index (χ2v) is 8.58. The molecule has 0 spiro atoms. The van der Waals surface area contributed by atoms with Crippen LogP contribution in [0.15, 0.2) is 89.8 Å². The number of hydrogen-bond donors (Lipinski definition) is 3. The number of aliphatic hydroxyl groups excluding tert-OH is 1. The molecule has 0 aliphatic rings. The van der Waals surface area contributed by atoms with Gasteiger partial charge in [-0.15, -0.1) is 0 Å². The third-order valence-electron chi connectivity index (χ3n) is 4.61. The van der Waals surface area contributed by atoms with Crippen LogP contribution < -0.4 is 10.0 Å². The van der Waals surface area contributed by atoms with E-state index in [-0.39, 0.29) is 23.6 Å². The van der Waals surface area contributed by atoms with Gasteiger partial charge in [0.2, 0.25) is 10.0 Å². The Balaban J connectivity index is 1.75. The number of hydrogen-bond acceptors (Lipinski definition) is 4. The van der Waals surface area contributed by atoms with Gasteiger partial charge in [-0.05, 0) is 29.7 Å². The summed E-state index contributed by atoms with van der Waals surface area (Å²) in [6.45, 7) is -0.145. The molecule has 3 aromatic rings. The van der Waals surface area contributed by atoms with Crippen LogP contribution in [-0.2, 0) is 23.0 Å². The largest absolute Gasteiger partial charge is 0.394 e. The molecule has 0 aliphatic carbocycles. The Bertz CT molecular complexity index is 1070. The predicted molar refractivity (Wildman–Crippen MR) is 115 cm³/mol. The monoisotopic (exact) mass is 424 g/mol. The second kappa shape index (κ2) is 10.2. The summed E-state index contributed by atoms with van der Waals surface area (Å²) in [6, 6.07) is 24.1. The Morgan fingerprint density at radius 2 is 1.40 bits per heavy atom. The second-order valence-electron chi connectivity index (χ2n) is 6.85. The van der Waals surface area contributed by atoms with E-state index in [9.17, 15) is 18.3 Å². The van der Waals surface area contributed by atoms with Crippen LogP contribution in [0.4, 0.5) is 0 Å². The molecule has 1 atom stereocenters. The van der Waals surface area contributed by atoms with E-state index >= 15 is 0 Å². The summed E-state index contributed by atoms with van der Waals surface area (Å²) in [6.07, 6.45) is 0.435. The number of sulfonamides is 1. The molecule has 0 radical (unpaired) electrons. The van der Waals surface area contributed by atoms with Crippen LogP contribution in [-0.4, -0.2) is 32.1 Å². The molecule has 0 heterocycles. The van der Waals surface area contributed by atoms with Crippen molar-refractivity contribution in [3.8, 4) is 0 Å². The van der Waals surface area contributed by atoms with Crippen molar-refractivity contribution in [2.24, 2.45) is 0 Å². The summed E-state index contributed by atoms with van der Waals surface area (Å²) in [5, 5.41) is 12.4. The topological polar surface area (TPSA) is 95.5 Å². The quantitative estimate of drug-likeness (QED) is 0.492. The van der Waals surface area contributed by atoms with Crippen molar-refractivity contribution in [3.63, 3.8) is 0 Å². The lowest BCUT2D eigenvalue weighted by Gasteiger charge is -2.18. The fraction of sp³-hybridized carbons (Fsp3) is 0.174. The Kier molecular flexibility index (Phi) is 7.35. The molecule has 6 nitrogen and oxygen atoms in total. The summed E-state index contributed by atoms with van der Waals surface area (Å²) in [4.78, 5) is 12.7. The van der Waals surface area contributed by atoms with Crippen molar-refractivity contribution in [1.29, 1.82) is 0 Å².